The molecule has 0 aliphatic carbocycles. The Bertz CT molecular complexity index is 1020. The number of carbonyl (C=O) groups excluding carboxylic acids is 2. The van der Waals surface area contributed by atoms with E-state index in [2.05, 4.69) is 4.98 Å². The van der Waals surface area contributed by atoms with Crippen LogP contribution >= 0.6 is 34.0 Å². The summed E-state index contributed by atoms with van der Waals surface area (Å²) in [6, 6.07) is 5.76. The number of nitrogens with zero attached hydrogens (tertiary/aromatic N) is 2. The lowest BCUT2D eigenvalue weighted by Crippen LogP contribution is -2.10. The van der Waals surface area contributed by atoms with E-state index in [9.17, 15) is 14.9 Å². The Morgan fingerprint density at radius 2 is 2.11 bits per heavy atom. The van der Waals surface area contributed by atoms with Crippen LogP contribution in [0.25, 0.3) is 9.88 Å². The molecule has 7 nitrogen and oxygen atoms in total. The number of nitrogen functional groups attached to an aromatic ring is 1. The maximum atomic E-state index is 12.3. The molecule has 0 atom stereocenters. The Kier molecular flexibility index (Phi) is 5.85. The largest absolute Gasteiger partial charge is 0.462 e. The normalized spacial score (nSPS) is 10.4. The molecule has 0 aliphatic rings. The van der Waals surface area contributed by atoms with E-state index >= 15 is 0 Å². The second kappa shape index (κ2) is 8.30. The van der Waals surface area contributed by atoms with Crippen molar-refractivity contribution in [1.82, 2.24) is 4.98 Å². The van der Waals surface area contributed by atoms with Crippen molar-refractivity contribution < 1.29 is 19.1 Å². The van der Waals surface area contributed by atoms with Crippen LogP contribution in [0.15, 0.2) is 22.9 Å². The van der Waals surface area contributed by atoms with Gasteiger partial charge < -0.3 is 15.2 Å². The number of hydrogen-bond acceptors (Lipinski definition) is 10. The van der Waals surface area contributed by atoms with Gasteiger partial charge in [-0.05, 0) is 18.4 Å². The van der Waals surface area contributed by atoms with Gasteiger partial charge in [-0.3, -0.25) is 0 Å². The van der Waals surface area contributed by atoms with Crippen molar-refractivity contribution in [3.63, 3.8) is 0 Å². The maximum Gasteiger partial charge on any atom is 0.358 e. The average Bonchev–Trinajstić information content (AvgIpc) is 3.38. The van der Waals surface area contributed by atoms with Crippen molar-refractivity contribution in [2.45, 2.75) is 13.5 Å². The summed E-state index contributed by atoms with van der Waals surface area (Å²) < 4.78 is 10.2. The molecule has 3 heterocycles. The smallest absolute Gasteiger partial charge is 0.358 e. The molecule has 0 unspecified atom stereocenters. The summed E-state index contributed by atoms with van der Waals surface area (Å²) in [7, 11) is 0. The van der Waals surface area contributed by atoms with Gasteiger partial charge in [0.1, 0.15) is 27.6 Å². The second-order valence-corrected chi connectivity index (χ2v) is 7.93. The highest BCUT2D eigenvalue weighted by molar-refractivity contribution is 7.20. The minimum absolute atomic E-state index is 0.119. The molecule has 3 aromatic rings. The van der Waals surface area contributed by atoms with Crippen LogP contribution in [0.2, 0.25) is 0 Å². The summed E-state index contributed by atoms with van der Waals surface area (Å²) >= 11 is 3.80. The maximum absolute atomic E-state index is 12.3. The number of ether oxygens (including phenoxy) is 2. The van der Waals surface area contributed by atoms with E-state index in [0.29, 0.717) is 0 Å². The Hall–Kier alpha value is -2.74. The quantitative estimate of drug-likeness (QED) is 0.602. The van der Waals surface area contributed by atoms with Crippen molar-refractivity contribution in [3.8, 4) is 16.0 Å². The number of aromatic nitrogens is 1. The summed E-state index contributed by atoms with van der Waals surface area (Å²) in [6.07, 6.45) is 0. The number of hydrogen-bond donors (Lipinski definition) is 1. The van der Waals surface area contributed by atoms with Crippen molar-refractivity contribution in [3.05, 3.63) is 44.6 Å². The average molecular weight is 420 g/mol. The van der Waals surface area contributed by atoms with Crippen LogP contribution in [-0.2, 0) is 16.1 Å². The first-order valence-corrected chi connectivity index (χ1v) is 10.3. The van der Waals surface area contributed by atoms with Gasteiger partial charge in [-0.1, -0.05) is 6.07 Å². The number of thiazole rings is 1. The third-order valence-corrected chi connectivity index (χ3v) is 6.32. The summed E-state index contributed by atoms with van der Waals surface area (Å²) in [4.78, 5) is 29.8. The van der Waals surface area contributed by atoms with E-state index in [4.69, 9.17) is 15.2 Å². The van der Waals surface area contributed by atoms with Crippen LogP contribution in [-0.4, -0.2) is 23.5 Å². The first-order chi connectivity index (χ1) is 13.0. The molecule has 0 fully saturated rings. The highest BCUT2D eigenvalue weighted by Gasteiger charge is 2.24. The molecule has 138 valence electrons. The first-order valence-electron chi connectivity index (χ1n) is 7.70. The molecule has 0 amide bonds. The first kappa shape index (κ1) is 19.0. The van der Waals surface area contributed by atoms with Crippen molar-refractivity contribution >= 4 is 51.0 Å². The van der Waals surface area contributed by atoms with Gasteiger partial charge in [0.15, 0.2) is 5.69 Å². The van der Waals surface area contributed by atoms with E-state index in [1.807, 2.05) is 23.6 Å². The summed E-state index contributed by atoms with van der Waals surface area (Å²) in [5.41, 5.74) is 6.34. The van der Waals surface area contributed by atoms with Crippen LogP contribution < -0.4 is 5.73 Å². The van der Waals surface area contributed by atoms with E-state index in [-0.39, 0.29) is 39.9 Å². The number of anilines is 1. The molecular weight excluding hydrogens is 406 g/mol. The van der Waals surface area contributed by atoms with E-state index in [1.54, 1.807) is 12.3 Å². The van der Waals surface area contributed by atoms with Gasteiger partial charge >= 0.3 is 11.9 Å². The molecule has 3 aromatic heterocycles. The molecule has 0 radical (unpaired) electrons. The SMILES string of the molecule is CCOC(=O)c1sc(N)c(C#N)c1COC(=O)c1csc(-c2cccs2)n1. The second-order valence-electron chi connectivity index (χ2n) is 5.07. The highest BCUT2D eigenvalue weighted by atomic mass is 32.1. The third kappa shape index (κ3) is 4.00. The van der Waals surface area contributed by atoms with Crippen LogP contribution in [0.4, 0.5) is 5.00 Å². The minimum Gasteiger partial charge on any atom is -0.462 e. The molecule has 2 N–H and O–H groups in total. The van der Waals surface area contributed by atoms with Gasteiger partial charge in [-0.2, -0.15) is 5.26 Å². The number of esters is 2. The summed E-state index contributed by atoms with van der Waals surface area (Å²) in [6.45, 7) is 1.59. The van der Waals surface area contributed by atoms with Gasteiger partial charge in [0.05, 0.1) is 17.0 Å². The predicted octanol–water partition coefficient (Wildman–Crippen LogP) is 3.92. The lowest BCUT2D eigenvalue weighted by atomic mass is 10.1. The lowest BCUT2D eigenvalue weighted by Gasteiger charge is -2.05. The lowest BCUT2D eigenvalue weighted by molar-refractivity contribution is 0.0448. The van der Waals surface area contributed by atoms with Crippen molar-refractivity contribution in [1.29, 1.82) is 5.26 Å². The predicted molar refractivity (Wildman–Crippen MR) is 104 cm³/mol. The van der Waals surface area contributed by atoms with Gasteiger partial charge in [-0.25, -0.2) is 14.6 Å². The van der Waals surface area contributed by atoms with E-state index in [0.717, 1.165) is 21.2 Å². The zero-order valence-corrected chi connectivity index (χ0v) is 16.5. The molecule has 0 aromatic carbocycles. The molecule has 0 saturated heterocycles. The van der Waals surface area contributed by atoms with Crippen molar-refractivity contribution in [2.24, 2.45) is 0 Å². The van der Waals surface area contributed by atoms with E-state index in [1.165, 1.54) is 22.7 Å². The van der Waals surface area contributed by atoms with Gasteiger partial charge in [0, 0.05) is 10.9 Å². The number of nitrogens with two attached hydrogens (primary N) is 1. The van der Waals surface area contributed by atoms with Crippen LogP contribution in [0.3, 0.4) is 0 Å². The number of rotatable bonds is 6. The zero-order chi connectivity index (χ0) is 19.4. The fraction of sp³-hybridized carbons (Fsp3) is 0.176. The Balaban J connectivity index is 1.77. The number of nitriles is 1. The fourth-order valence-electron chi connectivity index (χ4n) is 2.20. The van der Waals surface area contributed by atoms with Crippen molar-refractivity contribution in [2.75, 3.05) is 12.3 Å². The fourth-order valence-corrected chi connectivity index (χ4v) is 4.72. The Labute approximate surface area is 166 Å². The zero-order valence-electron chi connectivity index (χ0n) is 14.1. The Morgan fingerprint density at radius 1 is 1.30 bits per heavy atom. The molecule has 0 saturated carbocycles. The minimum atomic E-state index is -0.641. The van der Waals surface area contributed by atoms with Crippen LogP contribution in [0, 0.1) is 11.3 Å². The number of thiophene rings is 2. The van der Waals surface area contributed by atoms with E-state index < -0.39 is 11.9 Å². The van der Waals surface area contributed by atoms with Gasteiger partial charge in [0.25, 0.3) is 0 Å². The van der Waals surface area contributed by atoms with Gasteiger partial charge in [0.2, 0.25) is 0 Å². The monoisotopic (exact) mass is 419 g/mol. The summed E-state index contributed by atoms with van der Waals surface area (Å²) in [5, 5.41) is 13.7. The van der Waals surface area contributed by atoms with Gasteiger partial charge in [-0.15, -0.1) is 34.0 Å². The molecule has 3 rings (SSSR count). The molecule has 10 heteroatoms. The highest BCUT2D eigenvalue weighted by Crippen LogP contribution is 2.32. The number of carbonyl (C=O) groups is 2. The molecule has 0 spiro atoms. The molecule has 27 heavy (non-hydrogen) atoms. The van der Waals surface area contributed by atoms with Crippen LogP contribution in [0.5, 0.6) is 0 Å². The Morgan fingerprint density at radius 3 is 2.78 bits per heavy atom. The molecular formula is C17H13N3O4S3. The topological polar surface area (TPSA) is 115 Å². The molecule has 0 bridgehead atoms. The standard InChI is InChI=1S/C17H13N3O4S3/c1-2-23-17(22)13-10(9(6-18)14(19)27-13)7-24-16(21)11-8-26-15(20-11)12-4-3-5-25-12/h3-5,8H,2,7,19H2,1H3. The third-order valence-electron chi connectivity index (χ3n) is 3.40. The molecule has 0 aliphatic heterocycles. The summed E-state index contributed by atoms with van der Waals surface area (Å²) in [5.74, 6) is -1.24. The van der Waals surface area contributed by atoms with Crippen LogP contribution in [0.1, 0.15) is 38.2 Å².